The number of likely N-dealkylation sites (N-methyl/N-ethyl adjacent to an activating group) is 2. The number of pyridine rings is 1. The number of hydrogen-bond donors (Lipinski definition) is 1. The van der Waals surface area contributed by atoms with E-state index in [0.717, 1.165) is 33.6 Å². The van der Waals surface area contributed by atoms with Crippen LogP contribution in [0, 0.1) is 0 Å². The molecule has 1 N–H and O–H groups in total. The summed E-state index contributed by atoms with van der Waals surface area (Å²) in [5.41, 5.74) is 5.65. The molecule has 1 aromatic heterocycles. The molecule has 1 aromatic carbocycles. The first-order valence-electron chi connectivity index (χ1n) is 9.99. The maximum Gasteiger partial charge on any atom is 0.170 e. The third-order valence-electron chi connectivity index (χ3n) is 6.19. The zero-order valence-corrected chi connectivity index (χ0v) is 19.1. The minimum Gasteiger partial charge on any atom is -0.365 e. The number of anilines is 1. The van der Waals surface area contributed by atoms with Crippen LogP contribution in [0.3, 0.4) is 0 Å². The van der Waals surface area contributed by atoms with E-state index in [1.54, 1.807) is 0 Å². The first-order valence-corrected chi connectivity index (χ1v) is 10.8. The fourth-order valence-corrected chi connectivity index (χ4v) is 5.14. The van der Waals surface area contributed by atoms with Crippen molar-refractivity contribution < 1.29 is 0 Å². The van der Waals surface area contributed by atoms with Crippen LogP contribution in [-0.2, 0) is 0 Å². The molecule has 0 saturated carbocycles. The molecule has 2 aromatic rings. The monoisotopic (exact) mass is 426 g/mol. The Bertz CT molecular complexity index is 986. The standard InChI is InChI=1S/C23H27ClN4S/c1-6-28-21(20(26-22(28)29)18-9-7-8-10-25-18)16-11-15-14(2)13-23(3,4)27(5)19(15)12-17(16)24/h7-13,20-21H,6H2,1-5H3,(H,26,29)/t20-,21-/m1/s1. The van der Waals surface area contributed by atoms with Gasteiger partial charge in [0.05, 0.1) is 23.3 Å². The molecular formula is C23H27ClN4S. The van der Waals surface area contributed by atoms with Crippen LogP contribution in [0.1, 0.15) is 56.6 Å². The average Bonchev–Trinajstić information content (AvgIpc) is 3.02. The average molecular weight is 427 g/mol. The molecule has 0 radical (unpaired) electrons. The van der Waals surface area contributed by atoms with E-state index in [9.17, 15) is 0 Å². The molecular weight excluding hydrogens is 400 g/mol. The van der Waals surface area contributed by atoms with E-state index in [1.807, 2.05) is 24.4 Å². The van der Waals surface area contributed by atoms with Crippen LogP contribution < -0.4 is 10.2 Å². The van der Waals surface area contributed by atoms with Crippen LogP contribution in [0.5, 0.6) is 0 Å². The lowest BCUT2D eigenvalue weighted by Crippen LogP contribution is -2.42. The summed E-state index contributed by atoms with van der Waals surface area (Å²) in [7, 11) is 2.12. The minimum absolute atomic E-state index is 0.00626. The Hall–Kier alpha value is -2.11. The summed E-state index contributed by atoms with van der Waals surface area (Å²) < 4.78 is 0. The largest absolute Gasteiger partial charge is 0.365 e. The van der Waals surface area contributed by atoms with E-state index >= 15 is 0 Å². The van der Waals surface area contributed by atoms with Crippen molar-refractivity contribution in [3.8, 4) is 0 Å². The summed E-state index contributed by atoms with van der Waals surface area (Å²) in [6, 6.07) is 10.3. The minimum atomic E-state index is -0.0512. The second-order valence-corrected chi connectivity index (χ2v) is 9.14. The Labute approximate surface area is 183 Å². The number of nitrogens with zero attached hydrogens (tertiary/aromatic N) is 3. The second kappa shape index (κ2) is 7.29. The number of halogens is 1. The number of rotatable bonds is 3. The smallest absolute Gasteiger partial charge is 0.170 e. The van der Waals surface area contributed by atoms with Gasteiger partial charge in [-0.3, -0.25) is 4.98 Å². The lowest BCUT2D eigenvalue weighted by atomic mass is 9.86. The highest BCUT2D eigenvalue weighted by atomic mass is 35.5. The predicted molar refractivity (Wildman–Crippen MR) is 125 cm³/mol. The Kier molecular flexibility index (Phi) is 5.07. The number of benzene rings is 1. The maximum atomic E-state index is 6.91. The molecule has 2 atom stereocenters. The zero-order valence-electron chi connectivity index (χ0n) is 17.5. The molecule has 152 valence electrons. The van der Waals surface area contributed by atoms with Gasteiger partial charge in [-0.1, -0.05) is 23.7 Å². The molecule has 0 unspecified atom stereocenters. The molecule has 0 bridgehead atoms. The first kappa shape index (κ1) is 20.2. The highest BCUT2D eigenvalue weighted by molar-refractivity contribution is 7.80. The number of thiocarbonyl (C=S) groups is 1. The summed E-state index contributed by atoms with van der Waals surface area (Å²) in [6.45, 7) is 9.54. The molecule has 6 heteroatoms. The molecule has 1 fully saturated rings. The summed E-state index contributed by atoms with van der Waals surface area (Å²) in [5, 5.41) is 4.98. The van der Waals surface area contributed by atoms with Crippen LogP contribution in [0.25, 0.3) is 5.57 Å². The molecule has 0 aliphatic carbocycles. The third kappa shape index (κ3) is 3.30. The van der Waals surface area contributed by atoms with Gasteiger partial charge < -0.3 is 15.1 Å². The molecule has 2 aliphatic rings. The Balaban J connectivity index is 1.86. The normalized spacial score (nSPS) is 23.0. The second-order valence-electron chi connectivity index (χ2n) is 8.34. The molecule has 0 amide bonds. The lowest BCUT2D eigenvalue weighted by Gasteiger charge is -2.41. The maximum absolute atomic E-state index is 6.91. The van der Waals surface area contributed by atoms with Crippen molar-refractivity contribution in [2.75, 3.05) is 18.5 Å². The van der Waals surface area contributed by atoms with Crippen molar-refractivity contribution in [2.45, 2.75) is 45.3 Å². The fourth-order valence-electron chi connectivity index (χ4n) is 4.50. The van der Waals surface area contributed by atoms with Gasteiger partial charge in [-0.15, -0.1) is 0 Å². The van der Waals surface area contributed by atoms with Crippen LogP contribution in [0.15, 0.2) is 42.6 Å². The topological polar surface area (TPSA) is 31.4 Å². The van der Waals surface area contributed by atoms with Gasteiger partial charge >= 0.3 is 0 Å². The third-order valence-corrected chi connectivity index (χ3v) is 6.87. The van der Waals surface area contributed by atoms with Crippen molar-refractivity contribution >= 4 is 40.2 Å². The molecule has 3 heterocycles. The van der Waals surface area contributed by atoms with Gasteiger partial charge in [0.25, 0.3) is 0 Å². The number of allylic oxidation sites excluding steroid dienone is 1. The first-order chi connectivity index (χ1) is 13.7. The highest BCUT2D eigenvalue weighted by Crippen LogP contribution is 2.46. The van der Waals surface area contributed by atoms with Crippen molar-refractivity contribution in [2.24, 2.45) is 0 Å². The Morgan fingerprint density at radius 1 is 1.28 bits per heavy atom. The molecule has 1 saturated heterocycles. The van der Waals surface area contributed by atoms with Crippen molar-refractivity contribution in [3.63, 3.8) is 0 Å². The van der Waals surface area contributed by atoms with E-state index in [4.69, 9.17) is 23.8 Å². The molecule has 4 rings (SSSR count). The Morgan fingerprint density at radius 2 is 2.03 bits per heavy atom. The van der Waals surface area contributed by atoms with Gasteiger partial charge in [0, 0.05) is 36.1 Å². The number of hydrogen-bond acceptors (Lipinski definition) is 3. The lowest BCUT2D eigenvalue weighted by molar-refractivity contribution is 0.331. The van der Waals surface area contributed by atoms with E-state index in [1.165, 1.54) is 11.1 Å². The van der Waals surface area contributed by atoms with Gasteiger partial charge in [0.15, 0.2) is 5.11 Å². The molecule has 29 heavy (non-hydrogen) atoms. The van der Waals surface area contributed by atoms with Gasteiger partial charge in [0.2, 0.25) is 0 Å². The van der Waals surface area contributed by atoms with Crippen LogP contribution >= 0.6 is 23.8 Å². The highest BCUT2D eigenvalue weighted by Gasteiger charge is 2.41. The summed E-state index contributed by atoms with van der Waals surface area (Å²) in [6.07, 6.45) is 4.14. The predicted octanol–water partition coefficient (Wildman–Crippen LogP) is 5.36. The summed E-state index contributed by atoms with van der Waals surface area (Å²) >= 11 is 12.6. The zero-order chi connectivity index (χ0) is 20.9. The summed E-state index contributed by atoms with van der Waals surface area (Å²) in [4.78, 5) is 9.09. The van der Waals surface area contributed by atoms with Crippen molar-refractivity contribution in [1.29, 1.82) is 0 Å². The molecule has 0 spiro atoms. The van der Waals surface area contributed by atoms with Crippen LogP contribution in [-0.4, -0.2) is 34.1 Å². The van der Waals surface area contributed by atoms with Gasteiger partial charge in [-0.25, -0.2) is 0 Å². The van der Waals surface area contributed by atoms with E-state index in [-0.39, 0.29) is 17.6 Å². The van der Waals surface area contributed by atoms with E-state index in [2.05, 4.69) is 73.1 Å². The quantitative estimate of drug-likeness (QED) is 0.668. The fraction of sp³-hybridized carbons (Fsp3) is 0.391. The number of fused-ring (bicyclic) bond motifs is 1. The van der Waals surface area contributed by atoms with Gasteiger partial charge in [-0.05, 0) is 75.3 Å². The number of nitrogens with one attached hydrogen (secondary N) is 1. The molecule has 4 nitrogen and oxygen atoms in total. The van der Waals surface area contributed by atoms with Crippen molar-refractivity contribution in [3.05, 3.63) is 64.4 Å². The van der Waals surface area contributed by atoms with E-state index < -0.39 is 0 Å². The van der Waals surface area contributed by atoms with Gasteiger partial charge in [-0.2, -0.15) is 0 Å². The van der Waals surface area contributed by atoms with Crippen LogP contribution in [0.4, 0.5) is 5.69 Å². The van der Waals surface area contributed by atoms with Crippen LogP contribution in [0.2, 0.25) is 5.02 Å². The van der Waals surface area contributed by atoms with Crippen molar-refractivity contribution in [1.82, 2.24) is 15.2 Å². The SMILES string of the molecule is CCN1C(=S)N[C@H](c2ccccn2)[C@H]1c1cc2c(cc1Cl)N(C)C(C)(C)C=C2C. The van der Waals surface area contributed by atoms with E-state index in [0.29, 0.717) is 0 Å². The molecule has 2 aliphatic heterocycles. The summed E-state index contributed by atoms with van der Waals surface area (Å²) in [5.74, 6) is 0. The number of aromatic nitrogens is 1. The Morgan fingerprint density at radius 3 is 2.69 bits per heavy atom. The van der Waals surface area contributed by atoms with Gasteiger partial charge in [0.1, 0.15) is 0 Å².